The molecule has 0 aliphatic heterocycles. The Morgan fingerprint density at radius 3 is 2.88 bits per heavy atom. The Bertz CT molecular complexity index is 553. The molecule has 0 saturated carbocycles. The molecule has 1 heterocycles. The lowest BCUT2D eigenvalue weighted by molar-refractivity contribution is 0.101. The lowest BCUT2D eigenvalue weighted by Gasteiger charge is -1.99. The Morgan fingerprint density at radius 1 is 1.50 bits per heavy atom. The van der Waals surface area contributed by atoms with Gasteiger partial charge in [-0.25, -0.2) is 9.37 Å². The number of carbonyl (C=O) groups is 1. The van der Waals surface area contributed by atoms with Crippen molar-refractivity contribution in [3.05, 3.63) is 40.2 Å². The molecule has 0 aliphatic rings. The van der Waals surface area contributed by atoms with Gasteiger partial charge < -0.3 is 0 Å². The van der Waals surface area contributed by atoms with Gasteiger partial charge in [0.1, 0.15) is 11.5 Å². The number of thiazole rings is 1. The highest BCUT2D eigenvalue weighted by molar-refractivity contribution is 7.19. The van der Waals surface area contributed by atoms with Crippen molar-refractivity contribution in [3.63, 3.8) is 0 Å². The van der Waals surface area contributed by atoms with Crippen molar-refractivity contribution in [1.29, 1.82) is 0 Å². The zero-order valence-corrected chi connectivity index (χ0v) is 9.90. The van der Waals surface area contributed by atoms with Gasteiger partial charge in [-0.15, -0.1) is 11.3 Å². The van der Waals surface area contributed by atoms with Crippen molar-refractivity contribution in [2.75, 3.05) is 0 Å². The molecule has 1 aromatic carbocycles. The van der Waals surface area contributed by atoms with Crippen LogP contribution in [-0.2, 0) is 0 Å². The molecular formula is C11H7ClFNOS. The van der Waals surface area contributed by atoms with Gasteiger partial charge in [0.25, 0.3) is 0 Å². The topological polar surface area (TPSA) is 30.0 Å². The monoisotopic (exact) mass is 255 g/mol. The van der Waals surface area contributed by atoms with Crippen molar-refractivity contribution in [3.8, 4) is 10.4 Å². The number of rotatable bonds is 2. The molecule has 0 aliphatic carbocycles. The summed E-state index contributed by atoms with van der Waals surface area (Å²) in [5.74, 6) is -0.529. The molecule has 0 bridgehead atoms. The third-order valence-corrected chi connectivity index (χ3v) is 3.23. The number of carbonyl (C=O) groups excluding carboxylic acids is 1. The van der Waals surface area contributed by atoms with Gasteiger partial charge in [0.05, 0.1) is 4.88 Å². The summed E-state index contributed by atoms with van der Waals surface area (Å²) in [6.45, 7) is 1.41. The third-order valence-electron chi connectivity index (χ3n) is 2.02. The minimum Gasteiger partial charge on any atom is -0.293 e. The smallest absolute Gasteiger partial charge is 0.184 e. The Kier molecular flexibility index (Phi) is 3.03. The van der Waals surface area contributed by atoms with E-state index in [2.05, 4.69) is 4.98 Å². The van der Waals surface area contributed by atoms with Crippen LogP contribution in [0.25, 0.3) is 10.4 Å². The van der Waals surface area contributed by atoms with Crippen LogP contribution in [0.15, 0.2) is 24.3 Å². The summed E-state index contributed by atoms with van der Waals surface area (Å²) < 4.78 is 13.3. The zero-order valence-electron chi connectivity index (χ0n) is 8.33. The normalized spacial score (nSPS) is 10.4. The summed E-state index contributed by atoms with van der Waals surface area (Å²) >= 11 is 6.93. The number of Topliss-reactive ketones (excluding diaryl/α,β-unsaturated/α-hetero) is 1. The van der Waals surface area contributed by atoms with Crippen LogP contribution >= 0.6 is 22.9 Å². The molecule has 0 N–H and O–H groups in total. The predicted octanol–water partition coefficient (Wildman–Crippen LogP) is 3.81. The maximum atomic E-state index is 13.1. The Hall–Kier alpha value is -1.26. The van der Waals surface area contributed by atoms with Gasteiger partial charge in [0.2, 0.25) is 0 Å². The van der Waals surface area contributed by atoms with E-state index in [-0.39, 0.29) is 16.1 Å². The quantitative estimate of drug-likeness (QED) is 0.764. The van der Waals surface area contributed by atoms with E-state index in [1.165, 1.54) is 30.4 Å². The van der Waals surface area contributed by atoms with Crippen LogP contribution in [0, 0.1) is 5.82 Å². The number of hydrogen-bond acceptors (Lipinski definition) is 3. The fourth-order valence-corrected chi connectivity index (χ4v) is 2.51. The molecule has 0 radical (unpaired) electrons. The minimum atomic E-state index is -0.350. The van der Waals surface area contributed by atoms with Crippen molar-refractivity contribution in [2.45, 2.75) is 6.92 Å². The summed E-state index contributed by atoms with van der Waals surface area (Å²) in [5, 5.41) is 0. The summed E-state index contributed by atoms with van der Waals surface area (Å²) in [5.41, 5.74) is 0.912. The fourth-order valence-electron chi connectivity index (χ4n) is 1.36. The highest BCUT2D eigenvalue weighted by Gasteiger charge is 2.15. The number of hydrogen-bond donors (Lipinski definition) is 0. The molecule has 16 heavy (non-hydrogen) atoms. The van der Waals surface area contributed by atoms with E-state index in [4.69, 9.17) is 11.6 Å². The Balaban J connectivity index is 2.59. The molecule has 2 nitrogen and oxygen atoms in total. The van der Waals surface area contributed by atoms with Gasteiger partial charge in [-0.2, -0.15) is 0 Å². The fraction of sp³-hybridized carbons (Fsp3) is 0.0909. The van der Waals surface area contributed by atoms with Crippen LogP contribution in [-0.4, -0.2) is 10.8 Å². The largest absolute Gasteiger partial charge is 0.293 e. The van der Waals surface area contributed by atoms with Crippen molar-refractivity contribution >= 4 is 28.7 Å². The van der Waals surface area contributed by atoms with Crippen molar-refractivity contribution in [2.24, 2.45) is 0 Å². The molecule has 0 saturated heterocycles. The summed E-state index contributed by atoms with van der Waals surface area (Å²) in [4.78, 5) is 15.9. The van der Waals surface area contributed by atoms with E-state index < -0.39 is 0 Å². The standard InChI is InChI=1S/C11H7ClFNOS/c1-6(15)9-10(16-11(12)14-9)7-3-2-4-8(13)5-7/h2-5H,1H3. The van der Waals surface area contributed by atoms with Gasteiger partial charge >= 0.3 is 0 Å². The van der Waals surface area contributed by atoms with E-state index in [1.54, 1.807) is 12.1 Å². The number of nitrogens with zero attached hydrogens (tertiary/aromatic N) is 1. The molecule has 0 unspecified atom stereocenters. The summed E-state index contributed by atoms with van der Waals surface area (Å²) in [6.07, 6.45) is 0. The second kappa shape index (κ2) is 4.31. The van der Waals surface area contributed by atoms with Crippen molar-refractivity contribution in [1.82, 2.24) is 4.98 Å². The van der Waals surface area contributed by atoms with Crippen LogP contribution < -0.4 is 0 Å². The highest BCUT2D eigenvalue weighted by atomic mass is 35.5. The average molecular weight is 256 g/mol. The van der Waals surface area contributed by atoms with E-state index in [9.17, 15) is 9.18 Å². The molecular weight excluding hydrogens is 249 g/mol. The van der Waals surface area contributed by atoms with Gasteiger partial charge in [-0.1, -0.05) is 23.7 Å². The first-order valence-electron chi connectivity index (χ1n) is 4.51. The molecule has 0 spiro atoms. The predicted molar refractivity (Wildman–Crippen MR) is 62.5 cm³/mol. The summed E-state index contributed by atoms with van der Waals surface area (Å²) in [6, 6.07) is 6.01. The highest BCUT2D eigenvalue weighted by Crippen LogP contribution is 2.33. The van der Waals surface area contributed by atoms with Crippen LogP contribution in [0.1, 0.15) is 17.4 Å². The molecule has 1 aromatic heterocycles. The van der Waals surface area contributed by atoms with Crippen LogP contribution in [0.2, 0.25) is 4.47 Å². The maximum absolute atomic E-state index is 13.1. The molecule has 2 aromatic rings. The number of benzene rings is 1. The zero-order chi connectivity index (χ0) is 11.7. The maximum Gasteiger partial charge on any atom is 0.184 e. The SMILES string of the molecule is CC(=O)c1nc(Cl)sc1-c1cccc(F)c1. The first kappa shape index (κ1) is 11.2. The molecule has 0 atom stereocenters. The second-order valence-corrected chi connectivity index (χ2v) is 4.79. The van der Waals surface area contributed by atoms with Crippen molar-refractivity contribution < 1.29 is 9.18 Å². The average Bonchev–Trinajstić information content (AvgIpc) is 2.60. The lowest BCUT2D eigenvalue weighted by atomic mass is 10.1. The first-order chi connectivity index (χ1) is 7.58. The third kappa shape index (κ3) is 2.13. The molecule has 0 fully saturated rings. The number of aromatic nitrogens is 1. The van der Waals surface area contributed by atoms with E-state index in [0.29, 0.717) is 16.1 Å². The van der Waals surface area contributed by atoms with E-state index in [0.717, 1.165) is 0 Å². The van der Waals surface area contributed by atoms with Gasteiger partial charge in [0, 0.05) is 6.92 Å². The van der Waals surface area contributed by atoms with Crippen LogP contribution in [0.3, 0.4) is 0 Å². The van der Waals surface area contributed by atoms with Gasteiger partial charge in [-0.3, -0.25) is 4.79 Å². The van der Waals surface area contributed by atoms with Gasteiger partial charge in [0.15, 0.2) is 10.3 Å². The van der Waals surface area contributed by atoms with Gasteiger partial charge in [-0.05, 0) is 17.7 Å². The van der Waals surface area contributed by atoms with E-state index in [1.807, 2.05) is 0 Å². The molecule has 82 valence electrons. The number of ketones is 1. The Morgan fingerprint density at radius 2 is 2.25 bits per heavy atom. The van der Waals surface area contributed by atoms with E-state index >= 15 is 0 Å². The second-order valence-electron chi connectivity index (χ2n) is 3.21. The number of halogens is 2. The first-order valence-corrected chi connectivity index (χ1v) is 5.70. The van der Waals surface area contributed by atoms with Crippen LogP contribution in [0.4, 0.5) is 4.39 Å². The molecule has 2 rings (SSSR count). The lowest BCUT2D eigenvalue weighted by Crippen LogP contribution is -1.94. The van der Waals surface area contributed by atoms with Crippen LogP contribution in [0.5, 0.6) is 0 Å². The molecule has 5 heteroatoms. The summed E-state index contributed by atoms with van der Waals surface area (Å²) in [7, 11) is 0. The Labute approximate surface area is 101 Å². The minimum absolute atomic E-state index is 0.178. The molecule has 0 amide bonds.